The number of carbonyl (C=O) groups excluding carboxylic acids is 1. The van der Waals surface area contributed by atoms with Gasteiger partial charge in [-0.25, -0.2) is 4.98 Å². The van der Waals surface area contributed by atoms with Crippen molar-refractivity contribution >= 4 is 53.9 Å². The topological polar surface area (TPSA) is 77.2 Å². The number of hydrogen-bond donors (Lipinski definition) is 2. The van der Waals surface area contributed by atoms with Crippen molar-refractivity contribution in [2.75, 3.05) is 19.7 Å². The fraction of sp³-hybridized carbons (Fsp3) is 0.571. The van der Waals surface area contributed by atoms with Crippen LogP contribution < -0.4 is 15.8 Å². The number of rotatable bonds is 6. The number of carbonyl (C=O) groups is 1. The summed E-state index contributed by atoms with van der Waals surface area (Å²) in [4.78, 5) is 16.0. The molecule has 1 heterocycles. The van der Waals surface area contributed by atoms with E-state index in [-0.39, 0.29) is 36.6 Å². The third-order valence-electron chi connectivity index (χ3n) is 3.71. The van der Waals surface area contributed by atoms with Crippen molar-refractivity contribution in [1.29, 1.82) is 0 Å². The maximum absolute atomic E-state index is 12.1. The Kier molecular flexibility index (Phi) is 10.9. The second-order valence-electron chi connectivity index (χ2n) is 5.11. The zero-order chi connectivity index (χ0) is 15.2. The van der Waals surface area contributed by atoms with E-state index >= 15 is 0 Å². The number of amides is 1. The molecule has 0 saturated heterocycles. The summed E-state index contributed by atoms with van der Waals surface area (Å²) in [5.74, 6) is 0.711. The van der Waals surface area contributed by atoms with Crippen LogP contribution in [0.25, 0.3) is 0 Å². The summed E-state index contributed by atoms with van der Waals surface area (Å²) < 4.78 is 5.42. The molecule has 0 bridgehead atoms. The standard InChI is InChI=1S/C14H19Cl2N3O2.2ClH/c15-10-6-12(16)14(19-8-10)21-5-4-18-13(20)11-3-1-2-9(11)7-17;;/h6,8-9,11H,1-5,7,17H2,(H,18,20);2*1H/t9-,11-;;/m1../s1. The molecule has 0 aromatic carbocycles. The average Bonchev–Trinajstić information content (AvgIpc) is 2.93. The number of hydrogen-bond acceptors (Lipinski definition) is 4. The van der Waals surface area contributed by atoms with Crippen LogP contribution in [0.5, 0.6) is 5.88 Å². The Morgan fingerprint density at radius 2 is 2.13 bits per heavy atom. The molecule has 3 N–H and O–H groups in total. The zero-order valence-corrected chi connectivity index (χ0v) is 15.6. The van der Waals surface area contributed by atoms with E-state index in [4.69, 9.17) is 33.7 Å². The summed E-state index contributed by atoms with van der Waals surface area (Å²) in [5, 5.41) is 3.68. The molecule has 23 heavy (non-hydrogen) atoms. The van der Waals surface area contributed by atoms with Crippen molar-refractivity contribution in [2.45, 2.75) is 19.3 Å². The second-order valence-corrected chi connectivity index (χ2v) is 5.96. The Morgan fingerprint density at radius 1 is 1.39 bits per heavy atom. The molecular weight excluding hydrogens is 384 g/mol. The van der Waals surface area contributed by atoms with Gasteiger partial charge in [-0.2, -0.15) is 0 Å². The first-order valence-corrected chi connectivity index (χ1v) is 7.79. The first-order chi connectivity index (χ1) is 10.1. The van der Waals surface area contributed by atoms with Crippen molar-refractivity contribution in [2.24, 2.45) is 17.6 Å². The Hall–Kier alpha value is -0.460. The van der Waals surface area contributed by atoms with Crippen LogP contribution in [0.15, 0.2) is 12.3 Å². The van der Waals surface area contributed by atoms with Crippen LogP contribution in [-0.4, -0.2) is 30.6 Å². The van der Waals surface area contributed by atoms with Crippen molar-refractivity contribution in [3.63, 3.8) is 0 Å². The first-order valence-electron chi connectivity index (χ1n) is 7.03. The molecule has 1 aliphatic carbocycles. The van der Waals surface area contributed by atoms with Gasteiger partial charge in [0.25, 0.3) is 0 Å². The molecule has 1 aromatic rings. The van der Waals surface area contributed by atoms with Gasteiger partial charge in [-0.3, -0.25) is 4.79 Å². The van der Waals surface area contributed by atoms with Crippen molar-refractivity contribution in [3.8, 4) is 5.88 Å². The molecular formula is C14H21Cl4N3O2. The number of aromatic nitrogens is 1. The predicted molar refractivity (Wildman–Crippen MR) is 97.1 cm³/mol. The van der Waals surface area contributed by atoms with E-state index in [0.29, 0.717) is 41.5 Å². The molecule has 132 valence electrons. The minimum atomic E-state index is 0. The summed E-state index contributed by atoms with van der Waals surface area (Å²) >= 11 is 11.7. The predicted octanol–water partition coefficient (Wildman–Crippen LogP) is 3.10. The molecule has 2 rings (SSSR count). The van der Waals surface area contributed by atoms with Crippen LogP contribution in [0.1, 0.15) is 19.3 Å². The van der Waals surface area contributed by atoms with Crippen LogP contribution in [0.3, 0.4) is 0 Å². The first kappa shape index (κ1) is 22.5. The second kappa shape index (κ2) is 11.2. The molecule has 0 spiro atoms. The van der Waals surface area contributed by atoms with E-state index in [1.54, 1.807) is 6.07 Å². The fourth-order valence-electron chi connectivity index (χ4n) is 2.63. The maximum Gasteiger partial charge on any atom is 0.232 e. The van der Waals surface area contributed by atoms with Gasteiger partial charge in [-0.05, 0) is 31.4 Å². The minimum Gasteiger partial charge on any atom is -0.475 e. The molecule has 1 amide bonds. The van der Waals surface area contributed by atoms with Gasteiger partial charge in [0.2, 0.25) is 11.8 Å². The molecule has 5 nitrogen and oxygen atoms in total. The Balaban J connectivity index is 0.00000242. The van der Waals surface area contributed by atoms with Gasteiger partial charge in [-0.15, -0.1) is 24.8 Å². The molecule has 0 radical (unpaired) electrons. The van der Waals surface area contributed by atoms with Crippen LogP contribution in [0, 0.1) is 11.8 Å². The van der Waals surface area contributed by atoms with Gasteiger partial charge in [-0.1, -0.05) is 29.6 Å². The highest BCUT2D eigenvalue weighted by Crippen LogP contribution is 2.30. The lowest BCUT2D eigenvalue weighted by molar-refractivity contribution is -0.126. The summed E-state index contributed by atoms with van der Waals surface area (Å²) in [6.45, 7) is 1.28. The van der Waals surface area contributed by atoms with Crippen molar-refractivity contribution < 1.29 is 9.53 Å². The molecule has 1 aliphatic rings. The average molecular weight is 405 g/mol. The number of nitrogens with two attached hydrogens (primary N) is 1. The summed E-state index contributed by atoms with van der Waals surface area (Å²) in [5.41, 5.74) is 5.68. The molecule has 2 atom stereocenters. The Bertz CT molecular complexity index is 505. The summed E-state index contributed by atoms with van der Waals surface area (Å²) in [6.07, 6.45) is 4.49. The Morgan fingerprint density at radius 3 is 2.78 bits per heavy atom. The van der Waals surface area contributed by atoms with E-state index in [2.05, 4.69) is 10.3 Å². The van der Waals surface area contributed by atoms with Crippen LogP contribution in [0.4, 0.5) is 0 Å². The van der Waals surface area contributed by atoms with E-state index in [9.17, 15) is 4.79 Å². The normalized spacial score (nSPS) is 19.4. The van der Waals surface area contributed by atoms with E-state index in [1.807, 2.05) is 0 Å². The van der Waals surface area contributed by atoms with E-state index in [0.717, 1.165) is 19.3 Å². The molecule has 0 unspecified atom stereocenters. The number of halogens is 4. The largest absolute Gasteiger partial charge is 0.475 e. The quantitative estimate of drug-likeness (QED) is 0.714. The van der Waals surface area contributed by atoms with Gasteiger partial charge < -0.3 is 15.8 Å². The van der Waals surface area contributed by atoms with Crippen LogP contribution >= 0.6 is 48.0 Å². The lowest BCUT2D eigenvalue weighted by Gasteiger charge is -2.17. The highest BCUT2D eigenvalue weighted by molar-refractivity contribution is 6.35. The number of nitrogens with one attached hydrogen (secondary N) is 1. The molecule has 1 saturated carbocycles. The lowest BCUT2D eigenvalue weighted by Crippen LogP contribution is -2.37. The minimum absolute atomic E-state index is 0. The van der Waals surface area contributed by atoms with Gasteiger partial charge in [0, 0.05) is 12.1 Å². The SMILES string of the molecule is Cl.Cl.NC[C@H]1CCC[C@H]1C(=O)NCCOc1ncc(Cl)cc1Cl. The van der Waals surface area contributed by atoms with Crippen LogP contribution in [-0.2, 0) is 4.79 Å². The van der Waals surface area contributed by atoms with Crippen LogP contribution in [0.2, 0.25) is 10.0 Å². The highest BCUT2D eigenvalue weighted by Gasteiger charge is 2.31. The van der Waals surface area contributed by atoms with Gasteiger partial charge >= 0.3 is 0 Å². The number of pyridine rings is 1. The van der Waals surface area contributed by atoms with E-state index in [1.165, 1.54) is 6.20 Å². The molecule has 1 aromatic heterocycles. The fourth-order valence-corrected chi connectivity index (χ4v) is 3.06. The monoisotopic (exact) mass is 403 g/mol. The summed E-state index contributed by atoms with van der Waals surface area (Å²) in [6, 6.07) is 1.56. The molecule has 1 fully saturated rings. The Labute approximate surface area is 158 Å². The smallest absolute Gasteiger partial charge is 0.232 e. The zero-order valence-electron chi connectivity index (χ0n) is 12.5. The molecule has 9 heteroatoms. The van der Waals surface area contributed by atoms with Gasteiger partial charge in [0.1, 0.15) is 11.6 Å². The van der Waals surface area contributed by atoms with E-state index < -0.39 is 0 Å². The number of nitrogens with zero attached hydrogens (tertiary/aromatic N) is 1. The molecule has 0 aliphatic heterocycles. The summed E-state index contributed by atoms with van der Waals surface area (Å²) in [7, 11) is 0. The highest BCUT2D eigenvalue weighted by atomic mass is 35.5. The third-order valence-corrected chi connectivity index (χ3v) is 4.19. The van der Waals surface area contributed by atoms with Crippen molar-refractivity contribution in [1.82, 2.24) is 10.3 Å². The lowest BCUT2D eigenvalue weighted by atomic mass is 9.95. The van der Waals surface area contributed by atoms with Gasteiger partial charge in [0.05, 0.1) is 11.6 Å². The van der Waals surface area contributed by atoms with Gasteiger partial charge in [0.15, 0.2) is 0 Å². The van der Waals surface area contributed by atoms with Crippen molar-refractivity contribution in [3.05, 3.63) is 22.3 Å². The number of ether oxygens (including phenoxy) is 1. The third kappa shape index (κ3) is 6.51. The maximum atomic E-state index is 12.1.